The van der Waals surface area contributed by atoms with Crippen LogP contribution >= 0.6 is 11.8 Å². The van der Waals surface area contributed by atoms with Gasteiger partial charge in [-0.05, 0) is 6.07 Å². The maximum atomic E-state index is 10.9. The summed E-state index contributed by atoms with van der Waals surface area (Å²) in [6.07, 6.45) is 0. The second kappa shape index (κ2) is 6.48. The van der Waals surface area contributed by atoms with E-state index in [4.69, 9.17) is 5.84 Å². The van der Waals surface area contributed by atoms with Crippen molar-refractivity contribution in [2.75, 3.05) is 5.84 Å². The molecular weight excluding hydrogens is 354 g/mol. The second-order valence-corrected chi connectivity index (χ2v) is 6.42. The van der Waals surface area contributed by atoms with Crippen molar-refractivity contribution in [3.63, 3.8) is 0 Å². The predicted octanol–water partition coefficient (Wildman–Crippen LogP) is 2.74. The number of benzene rings is 2. The zero-order chi connectivity index (χ0) is 18.1. The lowest BCUT2D eigenvalue weighted by Gasteiger charge is -2.02. The van der Waals surface area contributed by atoms with Gasteiger partial charge in [-0.2, -0.15) is 0 Å². The number of rotatable bonds is 5. The fourth-order valence-corrected chi connectivity index (χ4v) is 3.25. The van der Waals surface area contributed by atoms with Gasteiger partial charge < -0.3 is 10.8 Å². The van der Waals surface area contributed by atoms with Crippen LogP contribution in [0.2, 0.25) is 0 Å². The summed E-state index contributed by atoms with van der Waals surface area (Å²) in [6.45, 7) is 0. The lowest BCUT2D eigenvalue weighted by Crippen LogP contribution is -2.11. The minimum Gasteiger partial charge on any atom is -0.341 e. The number of aromatic amines is 1. The lowest BCUT2D eigenvalue weighted by molar-refractivity contribution is -0.384. The Morgan fingerprint density at radius 1 is 1.19 bits per heavy atom. The number of nitrogen functional groups attached to an aromatic ring is 1. The molecule has 0 unspecified atom stereocenters. The minimum atomic E-state index is -0.434. The summed E-state index contributed by atoms with van der Waals surface area (Å²) in [4.78, 5) is 17.9. The van der Waals surface area contributed by atoms with E-state index in [0.717, 1.165) is 5.56 Å². The van der Waals surface area contributed by atoms with Gasteiger partial charge in [-0.1, -0.05) is 42.1 Å². The fraction of sp³-hybridized carbons (Fsp3) is 0.0625. The lowest BCUT2D eigenvalue weighted by atomic mass is 10.2. The van der Waals surface area contributed by atoms with Crippen molar-refractivity contribution in [1.29, 1.82) is 0 Å². The van der Waals surface area contributed by atoms with E-state index in [2.05, 4.69) is 20.2 Å². The molecule has 0 saturated heterocycles. The molecule has 4 rings (SSSR count). The molecule has 26 heavy (non-hydrogen) atoms. The highest BCUT2D eigenvalue weighted by Crippen LogP contribution is 2.25. The predicted molar refractivity (Wildman–Crippen MR) is 97.9 cm³/mol. The zero-order valence-electron chi connectivity index (χ0n) is 13.4. The molecule has 0 aliphatic rings. The van der Waals surface area contributed by atoms with Crippen molar-refractivity contribution < 1.29 is 4.92 Å². The number of fused-ring (bicyclic) bond motifs is 1. The molecule has 130 valence electrons. The van der Waals surface area contributed by atoms with Crippen molar-refractivity contribution in [2.45, 2.75) is 10.9 Å². The van der Waals surface area contributed by atoms with Gasteiger partial charge in [0.05, 0.1) is 21.7 Å². The van der Waals surface area contributed by atoms with Crippen LogP contribution < -0.4 is 5.84 Å². The number of aromatic nitrogens is 5. The third-order valence-corrected chi connectivity index (χ3v) is 4.71. The first-order chi connectivity index (χ1) is 12.6. The number of H-pyrrole nitrogens is 1. The van der Waals surface area contributed by atoms with Crippen LogP contribution in [0.4, 0.5) is 5.69 Å². The molecule has 0 amide bonds. The number of nitrogens with one attached hydrogen (secondary N) is 1. The van der Waals surface area contributed by atoms with Crippen LogP contribution in [-0.2, 0) is 5.75 Å². The molecule has 2 aromatic heterocycles. The Labute approximate surface area is 151 Å². The summed E-state index contributed by atoms with van der Waals surface area (Å²) < 4.78 is 1.44. The average molecular weight is 367 g/mol. The number of nitrogens with zero attached hydrogens (tertiary/aromatic N) is 5. The first-order valence-electron chi connectivity index (χ1n) is 7.63. The molecule has 0 spiro atoms. The Balaban J connectivity index is 1.53. The molecule has 2 heterocycles. The summed E-state index contributed by atoms with van der Waals surface area (Å²) in [5, 5.41) is 19.7. The number of imidazole rings is 1. The van der Waals surface area contributed by atoms with Crippen LogP contribution in [0.1, 0.15) is 5.82 Å². The average Bonchev–Trinajstić information content (AvgIpc) is 3.23. The van der Waals surface area contributed by atoms with E-state index in [1.54, 1.807) is 6.07 Å². The summed E-state index contributed by atoms with van der Waals surface area (Å²) >= 11 is 1.38. The summed E-state index contributed by atoms with van der Waals surface area (Å²) in [5.41, 5.74) is 2.19. The van der Waals surface area contributed by atoms with E-state index >= 15 is 0 Å². The number of hydrogen-bond acceptors (Lipinski definition) is 7. The van der Waals surface area contributed by atoms with Gasteiger partial charge >= 0.3 is 0 Å². The molecule has 0 atom stereocenters. The van der Waals surface area contributed by atoms with E-state index in [1.165, 1.54) is 28.6 Å². The fourth-order valence-electron chi connectivity index (χ4n) is 2.52. The molecule has 2 aromatic carbocycles. The minimum absolute atomic E-state index is 0.0227. The normalized spacial score (nSPS) is 11.1. The zero-order valence-corrected chi connectivity index (χ0v) is 14.2. The maximum absolute atomic E-state index is 10.9. The molecule has 0 aliphatic heterocycles. The molecule has 0 bridgehead atoms. The number of nitro benzene ring substituents is 1. The second-order valence-electron chi connectivity index (χ2n) is 5.47. The van der Waals surface area contributed by atoms with E-state index in [0.29, 0.717) is 33.6 Å². The number of nitro groups is 1. The Bertz CT molecular complexity index is 1090. The monoisotopic (exact) mass is 367 g/mol. The smallest absolute Gasteiger partial charge is 0.271 e. The Hall–Kier alpha value is -3.40. The van der Waals surface area contributed by atoms with Gasteiger partial charge in [0.1, 0.15) is 5.82 Å². The largest absolute Gasteiger partial charge is 0.341 e. The SMILES string of the molecule is Nn1c(SCc2nc3ccc([N+](=O)[O-])cc3[nH]2)nnc1-c1ccccc1. The van der Waals surface area contributed by atoms with Crippen molar-refractivity contribution >= 4 is 28.5 Å². The van der Waals surface area contributed by atoms with Crippen molar-refractivity contribution in [3.05, 3.63) is 64.5 Å². The van der Waals surface area contributed by atoms with Gasteiger partial charge in [0.2, 0.25) is 5.16 Å². The van der Waals surface area contributed by atoms with Crippen LogP contribution in [0.5, 0.6) is 0 Å². The first-order valence-corrected chi connectivity index (χ1v) is 8.62. The molecular formula is C16H13N7O2S. The highest BCUT2D eigenvalue weighted by molar-refractivity contribution is 7.98. The summed E-state index contributed by atoms with van der Waals surface area (Å²) in [5.74, 6) is 7.82. The number of non-ortho nitro benzene ring substituents is 1. The van der Waals surface area contributed by atoms with Gasteiger partial charge in [-0.25, -0.2) is 9.66 Å². The van der Waals surface area contributed by atoms with Gasteiger partial charge in [0.15, 0.2) is 5.82 Å². The van der Waals surface area contributed by atoms with Crippen LogP contribution in [0.15, 0.2) is 53.7 Å². The van der Waals surface area contributed by atoms with E-state index < -0.39 is 4.92 Å². The van der Waals surface area contributed by atoms with Gasteiger partial charge in [0.25, 0.3) is 5.69 Å². The first kappa shape index (κ1) is 16.1. The quantitative estimate of drug-likeness (QED) is 0.240. The number of nitrogens with two attached hydrogens (primary N) is 1. The van der Waals surface area contributed by atoms with E-state index in [-0.39, 0.29) is 5.69 Å². The maximum Gasteiger partial charge on any atom is 0.271 e. The van der Waals surface area contributed by atoms with Crippen molar-refractivity contribution in [3.8, 4) is 11.4 Å². The standard InChI is InChI=1S/C16H13N7O2S/c17-22-15(10-4-2-1-3-5-10)20-21-16(22)26-9-14-18-12-7-6-11(23(24)25)8-13(12)19-14/h1-8H,9,17H2,(H,18,19). The van der Waals surface area contributed by atoms with Crippen molar-refractivity contribution in [1.82, 2.24) is 24.8 Å². The highest BCUT2D eigenvalue weighted by Gasteiger charge is 2.14. The van der Waals surface area contributed by atoms with E-state index in [1.807, 2.05) is 30.3 Å². The highest BCUT2D eigenvalue weighted by atomic mass is 32.2. The molecule has 0 radical (unpaired) electrons. The van der Waals surface area contributed by atoms with E-state index in [9.17, 15) is 10.1 Å². The van der Waals surface area contributed by atoms with Gasteiger partial charge in [-0.3, -0.25) is 10.1 Å². The summed E-state index contributed by atoms with van der Waals surface area (Å²) in [6, 6.07) is 14.1. The van der Waals surface area contributed by atoms with Crippen LogP contribution in [0.3, 0.4) is 0 Å². The third-order valence-electron chi connectivity index (χ3n) is 3.76. The van der Waals surface area contributed by atoms with Crippen LogP contribution in [-0.4, -0.2) is 29.8 Å². The van der Waals surface area contributed by atoms with Crippen molar-refractivity contribution in [2.24, 2.45) is 0 Å². The molecule has 0 fully saturated rings. The van der Waals surface area contributed by atoms with Gasteiger partial charge in [0, 0.05) is 17.7 Å². The third kappa shape index (κ3) is 2.97. The molecule has 0 aliphatic carbocycles. The molecule has 3 N–H and O–H groups in total. The molecule has 4 aromatic rings. The summed E-state index contributed by atoms with van der Waals surface area (Å²) in [7, 11) is 0. The number of thioether (sulfide) groups is 1. The molecule has 10 heteroatoms. The Morgan fingerprint density at radius 2 is 2.00 bits per heavy atom. The topological polar surface area (TPSA) is 129 Å². The Kier molecular flexibility index (Phi) is 4.01. The van der Waals surface area contributed by atoms with Gasteiger partial charge in [-0.15, -0.1) is 10.2 Å². The van der Waals surface area contributed by atoms with Crippen LogP contribution in [0.25, 0.3) is 22.4 Å². The Morgan fingerprint density at radius 3 is 2.77 bits per heavy atom. The van der Waals surface area contributed by atoms with Crippen LogP contribution in [0, 0.1) is 10.1 Å². The number of hydrogen-bond donors (Lipinski definition) is 2. The molecule has 9 nitrogen and oxygen atoms in total. The molecule has 0 saturated carbocycles.